The molecule has 2 rings (SSSR count). The molecule has 5 nitrogen and oxygen atoms in total. The van der Waals surface area contributed by atoms with Gasteiger partial charge in [0.25, 0.3) is 5.91 Å². The van der Waals surface area contributed by atoms with Gasteiger partial charge in [0.1, 0.15) is 0 Å². The fourth-order valence-electron chi connectivity index (χ4n) is 1.53. The van der Waals surface area contributed by atoms with Crippen molar-refractivity contribution in [1.29, 1.82) is 0 Å². The maximum Gasteiger partial charge on any atom is 0.258 e. The number of rotatable bonds is 5. The molecule has 0 atom stereocenters. The Kier molecular flexibility index (Phi) is 4.90. The molecular formula is C14H15ClN4O. The maximum absolute atomic E-state index is 12.0. The Hall–Kier alpha value is -2.14. The van der Waals surface area contributed by atoms with Gasteiger partial charge in [-0.15, -0.1) is 0 Å². The third-order valence-corrected chi connectivity index (χ3v) is 2.90. The fourth-order valence-corrected chi connectivity index (χ4v) is 1.71. The normalized spacial score (nSPS) is 10.1. The number of aromatic nitrogens is 2. The molecule has 2 N–H and O–H groups in total. The molecule has 0 saturated heterocycles. The molecule has 1 aromatic carbocycles. The number of benzene rings is 1. The maximum atomic E-state index is 12.0. The van der Waals surface area contributed by atoms with E-state index >= 15 is 0 Å². The zero-order valence-electron chi connectivity index (χ0n) is 11.1. The molecule has 0 aliphatic rings. The molecule has 0 aliphatic carbocycles. The largest absolute Gasteiger partial charge is 0.354 e. The Bertz CT molecular complexity index is 586. The number of halogens is 1. The van der Waals surface area contributed by atoms with E-state index in [4.69, 9.17) is 11.6 Å². The molecule has 0 bridgehead atoms. The van der Waals surface area contributed by atoms with Crippen LogP contribution in [-0.2, 0) is 0 Å². The van der Waals surface area contributed by atoms with Crippen LogP contribution in [0.5, 0.6) is 0 Å². The van der Waals surface area contributed by atoms with E-state index in [9.17, 15) is 4.79 Å². The van der Waals surface area contributed by atoms with Gasteiger partial charge in [0.05, 0.1) is 16.3 Å². The molecule has 0 spiro atoms. The van der Waals surface area contributed by atoms with Crippen molar-refractivity contribution in [2.45, 2.75) is 13.3 Å². The van der Waals surface area contributed by atoms with Crippen molar-refractivity contribution in [1.82, 2.24) is 9.97 Å². The Morgan fingerprint density at radius 3 is 2.60 bits per heavy atom. The van der Waals surface area contributed by atoms with Crippen molar-refractivity contribution in [2.24, 2.45) is 0 Å². The number of anilines is 2. The second-order valence-corrected chi connectivity index (χ2v) is 4.56. The predicted octanol–water partition coefficient (Wildman–Crippen LogP) is 3.20. The van der Waals surface area contributed by atoms with E-state index < -0.39 is 0 Å². The van der Waals surface area contributed by atoms with Gasteiger partial charge in [0.15, 0.2) is 0 Å². The van der Waals surface area contributed by atoms with Crippen molar-refractivity contribution < 1.29 is 4.79 Å². The number of hydrogen-bond donors (Lipinski definition) is 2. The Morgan fingerprint density at radius 1 is 1.25 bits per heavy atom. The topological polar surface area (TPSA) is 66.9 Å². The Balaban J connectivity index is 2.04. The molecular weight excluding hydrogens is 276 g/mol. The average molecular weight is 291 g/mol. The lowest BCUT2D eigenvalue weighted by Crippen LogP contribution is -2.13. The molecule has 1 amide bonds. The third kappa shape index (κ3) is 3.68. The summed E-state index contributed by atoms with van der Waals surface area (Å²) in [5.74, 6) is 0.223. The molecule has 0 aliphatic heterocycles. The van der Waals surface area contributed by atoms with Crippen LogP contribution in [0.1, 0.15) is 23.7 Å². The Morgan fingerprint density at radius 2 is 1.95 bits per heavy atom. The van der Waals surface area contributed by atoms with Crippen molar-refractivity contribution >= 4 is 29.1 Å². The Labute approximate surface area is 122 Å². The zero-order chi connectivity index (χ0) is 14.4. The average Bonchev–Trinajstić information content (AvgIpc) is 2.48. The van der Waals surface area contributed by atoms with Crippen LogP contribution < -0.4 is 10.6 Å². The van der Waals surface area contributed by atoms with Crippen LogP contribution in [0.15, 0.2) is 36.7 Å². The fraction of sp³-hybridized carbons (Fsp3) is 0.214. The first-order chi connectivity index (χ1) is 9.70. The number of nitrogens with one attached hydrogen (secondary N) is 2. The van der Waals surface area contributed by atoms with Crippen LogP contribution in [0.25, 0.3) is 0 Å². The highest BCUT2D eigenvalue weighted by Crippen LogP contribution is 2.20. The van der Waals surface area contributed by atoms with Gasteiger partial charge in [-0.3, -0.25) is 4.79 Å². The van der Waals surface area contributed by atoms with Gasteiger partial charge in [-0.2, -0.15) is 0 Å². The summed E-state index contributed by atoms with van der Waals surface area (Å²) in [6.45, 7) is 2.85. The van der Waals surface area contributed by atoms with Gasteiger partial charge in [0.2, 0.25) is 5.95 Å². The van der Waals surface area contributed by atoms with Gasteiger partial charge >= 0.3 is 0 Å². The molecule has 0 radical (unpaired) electrons. The number of carbonyl (C=O) groups is 1. The van der Waals surface area contributed by atoms with Crippen LogP contribution in [0.2, 0.25) is 5.02 Å². The molecule has 0 saturated carbocycles. The quantitative estimate of drug-likeness (QED) is 0.887. The summed E-state index contributed by atoms with van der Waals surface area (Å²) < 4.78 is 0. The summed E-state index contributed by atoms with van der Waals surface area (Å²) in [5, 5.41) is 6.25. The van der Waals surface area contributed by atoms with Gasteiger partial charge < -0.3 is 10.6 Å². The smallest absolute Gasteiger partial charge is 0.258 e. The molecule has 1 aromatic heterocycles. The van der Waals surface area contributed by atoms with Gasteiger partial charge in [-0.1, -0.05) is 30.7 Å². The van der Waals surface area contributed by atoms with E-state index in [1.165, 1.54) is 12.4 Å². The highest BCUT2D eigenvalue weighted by Gasteiger charge is 2.09. The number of para-hydroxylation sites is 1. The van der Waals surface area contributed by atoms with E-state index in [0.717, 1.165) is 13.0 Å². The van der Waals surface area contributed by atoms with Crippen molar-refractivity contribution in [3.05, 3.63) is 47.2 Å². The summed E-state index contributed by atoms with van der Waals surface area (Å²) in [6.07, 6.45) is 3.95. The molecule has 2 aromatic rings. The van der Waals surface area contributed by atoms with E-state index in [1.807, 2.05) is 0 Å². The lowest BCUT2D eigenvalue weighted by molar-refractivity contribution is 0.102. The van der Waals surface area contributed by atoms with Crippen LogP contribution in [0, 0.1) is 0 Å². The summed E-state index contributed by atoms with van der Waals surface area (Å²) >= 11 is 5.98. The standard InChI is InChI=1S/C14H15ClN4O/c1-2-7-16-14-17-8-10(9-18-14)13(20)19-12-6-4-3-5-11(12)15/h3-6,8-9H,2,7H2,1H3,(H,19,20)(H,16,17,18). The number of amides is 1. The summed E-state index contributed by atoms with van der Waals surface area (Å²) in [6, 6.07) is 7.05. The first-order valence-corrected chi connectivity index (χ1v) is 6.70. The van der Waals surface area contributed by atoms with E-state index in [2.05, 4.69) is 27.5 Å². The highest BCUT2D eigenvalue weighted by atomic mass is 35.5. The van der Waals surface area contributed by atoms with Crippen LogP contribution in [0.4, 0.5) is 11.6 Å². The number of carbonyl (C=O) groups excluding carboxylic acids is 1. The lowest BCUT2D eigenvalue weighted by Gasteiger charge is -2.07. The minimum Gasteiger partial charge on any atom is -0.354 e. The first kappa shape index (κ1) is 14.3. The van der Waals surface area contributed by atoms with Crippen LogP contribution in [-0.4, -0.2) is 22.4 Å². The minimum absolute atomic E-state index is 0.292. The van der Waals surface area contributed by atoms with Gasteiger partial charge in [-0.25, -0.2) is 9.97 Å². The SMILES string of the molecule is CCCNc1ncc(C(=O)Nc2ccccc2Cl)cn1. The number of hydrogen-bond acceptors (Lipinski definition) is 4. The summed E-state index contributed by atoms with van der Waals surface area (Å²) in [5.41, 5.74) is 0.944. The van der Waals surface area contributed by atoms with E-state index in [-0.39, 0.29) is 5.91 Å². The second-order valence-electron chi connectivity index (χ2n) is 4.16. The zero-order valence-corrected chi connectivity index (χ0v) is 11.8. The molecule has 0 unspecified atom stereocenters. The van der Waals surface area contributed by atoms with Gasteiger partial charge in [0, 0.05) is 18.9 Å². The van der Waals surface area contributed by atoms with Crippen molar-refractivity contribution in [3.8, 4) is 0 Å². The monoisotopic (exact) mass is 290 g/mol. The van der Waals surface area contributed by atoms with Crippen molar-refractivity contribution in [3.63, 3.8) is 0 Å². The number of nitrogens with zero attached hydrogens (tertiary/aromatic N) is 2. The van der Waals surface area contributed by atoms with E-state index in [0.29, 0.717) is 22.2 Å². The molecule has 0 fully saturated rings. The molecule has 104 valence electrons. The molecule has 6 heteroatoms. The highest BCUT2D eigenvalue weighted by molar-refractivity contribution is 6.33. The lowest BCUT2D eigenvalue weighted by atomic mass is 10.3. The minimum atomic E-state index is -0.292. The van der Waals surface area contributed by atoms with Crippen molar-refractivity contribution in [2.75, 3.05) is 17.2 Å². The molecule has 1 heterocycles. The van der Waals surface area contributed by atoms with Crippen LogP contribution >= 0.6 is 11.6 Å². The first-order valence-electron chi connectivity index (χ1n) is 6.32. The van der Waals surface area contributed by atoms with Crippen LogP contribution in [0.3, 0.4) is 0 Å². The van der Waals surface area contributed by atoms with Gasteiger partial charge in [-0.05, 0) is 18.6 Å². The molecule has 20 heavy (non-hydrogen) atoms. The summed E-state index contributed by atoms with van der Waals surface area (Å²) in [7, 11) is 0. The van der Waals surface area contributed by atoms with E-state index in [1.54, 1.807) is 24.3 Å². The third-order valence-electron chi connectivity index (χ3n) is 2.57. The summed E-state index contributed by atoms with van der Waals surface area (Å²) in [4.78, 5) is 20.2. The predicted molar refractivity (Wildman–Crippen MR) is 80.2 cm³/mol. The second kappa shape index (κ2) is 6.86.